The molecule has 0 saturated heterocycles. The second-order valence-electron chi connectivity index (χ2n) is 6.41. The van der Waals surface area contributed by atoms with Crippen LogP contribution in [0.4, 0.5) is 5.69 Å². The van der Waals surface area contributed by atoms with Crippen LogP contribution in [0.15, 0.2) is 24.3 Å². The molecule has 0 aliphatic rings. The number of nitrogens with zero attached hydrogens (tertiary/aromatic N) is 2. The summed E-state index contributed by atoms with van der Waals surface area (Å²) in [5, 5.41) is 2.76. The maximum atomic E-state index is 12.2. The highest BCUT2D eigenvalue weighted by atomic mass is 32.2. The molecule has 0 aromatic heterocycles. The lowest BCUT2D eigenvalue weighted by Crippen LogP contribution is -2.41. The quantitative estimate of drug-likeness (QED) is 0.628. The van der Waals surface area contributed by atoms with Crippen molar-refractivity contribution in [1.29, 1.82) is 0 Å². The Kier molecular flexibility index (Phi) is 8.18. The first kappa shape index (κ1) is 21.2. The summed E-state index contributed by atoms with van der Waals surface area (Å²) in [5.41, 5.74) is 0.363. The van der Waals surface area contributed by atoms with Gasteiger partial charge in [0.1, 0.15) is 12.3 Å². The van der Waals surface area contributed by atoms with Gasteiger partial charge in [-0.3, -0.25) is 9.10 Å². The zero-order valence-electron chi connectivity index (χ0n) is 15.7. The monoisotopic (exact) mass is 371 g/mol. The fraction of sp³-hybridized carbons (Fsp3) is 0.588. The number of amides is 1. The van der Waals surface area contributed by atoms with Gasteiger partial charge in [-0.1, -0.05) is 12.1 Å². The van der Waals surface area contributed by atoms with Crippen molar-refractivity contribution < 1.29 is 17.9 Å². The highest BCUT2D eigenvalue weighted by Gasteiger charge is 2.24. The average Bonchev–Trinajstić information content (AvgIpc) is 2.48. The van der Waals surface area contributed by atoms with E-state index in [2.05, 4.69) is 5.32 Å². The van der Waals surface area contributed by atoms with Crippen molar-refractivity contribution >= 4 is 21.6 Å². The summed E-state index contributed by atoms with van der Waals surface area (Å²) in [6, 6.07) is 6.82. The number of nitrogens with one attached hydrogen (secondary N) is 1. The summed E-state index contributed by atoms with van der Waals surface area (Å²) in [4.78, 5) is 14.2. The molecule has 0 aliphatic heterocycles. The first-order valence-electron chi connectivity index (χ1n) is 8.26. The van der Waals surface area contributed by atoms with Gasteiger partial charge in [0.05, 0.1) is 18.0 Å². The Balaban J connectivity index is 2.88. The summed E-state index contributed by atoms with van der Waals surface area (Å²) < 4.78 is 31.2. The minimum absolute atomic E-state index is 0.109. The molecule has 0 aliphatic carbocycles. The van der Waals surface area contributed by atoms with Crippen molar-refractivity contribution in [3.63, 3.8) is 0 Å². The zero-order chi connectivity index (χ0) is 19.0. The smallest absolute Gasteiger partial charge is 0.240 e. The fourth-order valence-corrected chi connectivity index (χ4v) is 3.07. The van der Waals surface area contributed by atoms with Crippen LogP contribution in [-0.2, 0) is 14.8 Å². The average molecular weight is 372 g/mol. The lowest BCUT2D eigenvalue weighted by Gasteiger charge is -2.25. The van der Waals surface area contributed by atoms with Crippen LogP contribution in [0, 0.1) is 0 Å². The molecule has 0 fully saturated rings. The number of rotatable bonds is 10. The number of sulfonamides is 1. The molecule has 0 atom stereocenters. The van der Waals surface area contributed by atoms with E-state index in [0.29, 0.717) is 18.0 Å². The molecule has 8 heteroatoms. The van der Waals surface area contributed by atoms with E-state index in [1.54, 1.807) is 24.3 Å². The molecule has 0 unspecified atom stereocenters. The Morgan fingerprint density at radius 3 is 2.44 bits per heavy atom. The molecule has 0 heterocycles. The second kappa shape index (κ2) is 9.62. The SMILES string of the molecule is CC(C)Oc1ccccc1N(CC(=O)NCCCN(C)C)S(C)(=O)=O. The number of carbonyl (C=O) groups excluding carboxylic acids is 1. The Bertz CT molecular complexity index is 660. The molecule has 142 valence electrons. The van der Waals surface area contributed by atoms with Gasteiger partial charge >= 0.3 is 0 Å². The van der Waals surface area contributed by atoms with Crippen LogP contribution in [0.3, 0.4) is 0 Å². The van der Waals surface area contributed by atoms with Gasteiger partial charge < -0.3 is 15.0 Å². The van der Waals surface area contributed by atoms with Crippen LogP contribution in [0.5, 0.6) is 5.75 Å². The van der Waals surface area contributed by atoms with Crippen LogP contribution >= 0.6 is 0 Å². The minimum Gasteiger partial charge on any atom is -0.489 e. The van der Waals surface area contributed by atoms with Gasteiger partial charge in [0.25, 0.3) is 0 Å². The van der Waals surface area contributed by atoms with Crippen LogP contribution in [-0.4, -0.2) is 65.3 Å². The Hall–Kier alpha value is -1.80. The van der Waals surface area contributed by atoms with Gasteiger partial charge in [0.15, 0.2) is 0 Å². The van der Waals surface area contributed by atoms with Crippen LogP contribution in [0.2, 0.25) is 0 Å². The third-order valence-electron chi connectivity index (χ3n) is 3.29. The maximum Gasteiger partial charge on any atom is 0.240 e. The highest BCUT2D eigenvalue weighted by Crippen LogP contribution is 2.30. The number of hydrogen-bond donors (Lipinski definition) is 1. The third kappa shape index (κ3) is 7.74. The zero-order valence-corrected chi connectivity index (χ0v) is 16.5. The molecule has 1 N–H and O–H groups in total. The number of hydrogen-bond acceptors (Lipinski definition) is 5. The minimum atomic E-state index is -3.63. The van der Waals surface area contributed by atoms with Crippen molar-refractivity contribution in [3.8, 4) is 5.75 Å². The molecular weight excluding hydrogens is 342 g/mol. The van der Waals surface area contributed by atoms with E-state index in [1.165, 1.54) is 0 Å². The number of benzene rings is 1. The van der Waals surface area contributed by atoms with Crippen LogP contribution in [0.25, 0.3) is 0 Å². The number of ether oxygens (including phenoxy) is 1. The topological polar surface area (TPSA) is 79.0 Å². The molecule has 0 spiro atoms. The van der Waals surface area contributed by atoms with E-state index < -0.39 is 10.0 Å². The van der Waals surface area contributed by atoms with Crippen molar-refractivity contribution in [2.75, 3.05) is 44.3 Å². The summed E-state index contributed by atoms with van der Waals surface area (Å²) >= 11 is 0. The Labute approximate surface area is 151 Å². The van der Waals surface area contributed by atoms with Crippen molar-refractivity contribution in [3.05, 3.63) is 24.3 Å². The van der Waals surface area contributed by atoms with Crippen molar-refractivity contribution in [2.45, 2.75) is 26.4 Å². The number of carbonyl (C=O) groups is 1. The second-order valence-corrected chi connectivity index (χ2v) is 8.32. The standard InChI is InChI=1S/C17H29N3O4S/c1-14(2)24-16-10-7-6-9-15(16)20(25(5,22)23)13-17(21)18-11-8-12-19(3)4/h6-7,9-10,14H,8,11-13H2,1-5H3,(H,18,21). The Morgan fingerprint density at radius 2 is 1.88 bits per heavy atom. The van der Waals surface area contributed by atoms with Gasteiger partial charge in [0, 0.05) is 6.54 Å². The van der Waals surface area contributed by atoms with Gasteiger partial charge in [-0.15, -0.1) is 0 Å². The maximum absolute atomic E-state index is 12.2. The summed E-state index contributed by atoms with van der Waals surface area (Å²) in [6.07, 6.45) is 1.77. The molecule has 1 amide bonds. The summed E-state index contributed by atoms with van der Waals surface area (Å²) in [7, 11) is 0.283. The molecular formula is C17H29N3O4S. The number of para-hydroxylation sites is 2. The largest absolute Gasteiger partial charge is 0.489 e. The first-order valence-corrected chi connectivity index (χ1v) is 10.1. The van der Waals surface area contributed by atoms with E-state index >= 15 is 0 Å². The first-order chi connectivity index (χ1) is 11.6. The Morgan fingerprint density at radius 1 is 1.24 bits per heavy atom. The molecule has 1 rings (SSSR count). The lowest BCUT2D eigenvalue weighted by atomic mass is 10.3. The molecule has 0 bridgehead atoms. The molecule has 7 nitrogen and oxygen atoms in total. The molecule has 25 heavy (non-hydrogen) atoms. The highest BCUT2D eigenvalue weighted by molar-refractivity contribution is 7.92. The van der Waals surface area contributed by atoms with E-state index in [9.17, 15) is 13.2 Å². The van der Waals surface area contributed by atoms with Gasteiger partial charge in [-0.05, 0) is 53.0 Å². The normalized spacial score (nSPS) is 11.6. The summed E-state index contributed by atoms with van der Waals surface area (Å²) in [6.45, 7) is 4.79. The number of anilines is 1. The fourth-order valence-electron chi connectivity index (χ4n) is 2.21. The van der Waals surface area contributed by atoms with E-state index in [0.717, 1.165) is 23.5 Å². The van der Waals surface area contributed by atoms with Gasteiger partial charge in [0.2, 0.25) is 15.9 Å². The van der Waals surface area contributed by atoms with Gasteiger partial charge in [-0.2, -0.15) is 0 Å². The molecule has 0 saturated carbocycles. The van der Waals surface area contributed by atoms with Crippen molar-refractivity contribution in [1.82, 2.24) is 10.2 Å². The van der Waals surface area contributed by atoms with Crippen LogP contribution < -0.4 is 14.4 Å². The van der Waals surface area contributed by atoms with Crippen LogP contribution in [0.1, 0.15) is 20.3 Å². The van der Waals surface area contributed by atoms with E-state index in [-0.39, 0.29) is 18.6 Å². The molecule has 0 radical (unpaired) electrons. The van der Waals surface area contributed by atoms with E-state index in [4.69, 9.17) is 4.74 Å². The molecule has 1 aromatic rings. The van der Waals surface area contributed by atoms with Gasteiger partial charge in [-0.25, -0.2) is 8.42 Å². The predicted octanol–water partition coefficient (Wildman–Crippen LogP) is 1.31. The molecule has 1 aromatic carbocycles. The van der Waals surface area contributed by atoms with E-state index in [1.807, 2.05) is 32.8 Å². The lowest BCUT2D eigenvalue weighted by molar-refractivity contribution is -0.119. The predicted molar refractivity (Wildman–Crippen MR) is 101 cm³/mol. The third-order valence-corrected chi connectivity index (χ3v) is 4.41. The summed E-state index contributed by atoms with van der Waals surface area (Å²) in [5.74, 6) is 0.0897. The van der Waals surface area contributed by atoms with Crippen molar-refractivity contribution in [2.24, 2.45) is 0 Å².